The molecule has 0 aromatic carbocycles. The number of nitrogens with two attached hydrogens (primary N) is 1. The summed E-state index contributed by atoms with van der Waals surface area (Å²) in [6.07, 6.45) is 79.7. The van der Waals surface area contributed by atoms with Gasteiger partial charge in [-0.2, -0.15) is 0 Å². The second kappa shape index (κ2) is 57.7. The Hall–Kier alpha value is -3.59. The van der Waals surface area contributed by atoms with Gasteiger partial charge in [0, 0.05) is 19.4 Å². The zero-order chi connectivity index (χ0) is 53.1. The molecular formula is C63H106NO8P. The second-order valence-corrected chi connectivity index (χ2v) is 20.2. The van der Waals surface area contributed by atoms with Crippen LogP contribution in [0.2, 0.25) is 0 Å². The summed E-state index contributed by atoms with van der Waals surface area (Å²) in [5.74, 6) is -0.881. The Labute approximate surface area is 447 Å². The predicted molar refractivity (Wildman–Crippen MR) is 311 cm³/mol. The molecule has 0 saturated heterocycles. The highest BCUT2D eigenvalue weighted by atomic mass is 31.2. The zero-order valence-corrected chi connectivity index (χ0v) is 47.2. The third-order valence-electron chi connectivity index (χ3n) is 11.9. The van der Waals surface area contributed by atoms with Crippen LogP contribution in [-0.2, 0) is 32.7 Å². The highest BCUT2D eigenvalue weighted by Crippen LogP contribution is 2.43. The molecule has 0 aliphatic carbocycles. The number of hydrogen-bond donors (Lipinski definition) is 2. The number of ether oxygens (including phenoxy) is 2. The molecule has 0 aromatic rings. The number of esters is 2. The first-order chi connectivity index (χ1) is 35.8. The number of carbonyl (C=O) groups is 2. The van der Waals surface area contributed by atoms with E-state index in [2.05, 4.69) is 135 Å². The Morgan fingerprint density at radius 3 is 1.12 bits per heavy atom. The third-order valence-corrected chi connectivity index (χ3v) is 12.8. The van der Waals surface area contributed by atoms with E-state index in [0.717, 1.165) is 96.3 Å². The van der Waals surface area contributed by atoms with Gasteiger partial charge >= 0.3 is 19.8 Å². The smallest absolute Gasteiger partial charge is 0.462 e. The lowest BCUT2D eigenvalue weighted by Gasteiger charge is -2.19. The molecule has 0 rings (SSSR count). The van der Waals surface area contributed by atoms with Crippen molar-refractivity contribution in [2.75, 3.05) is 26.4 Å². The van der Waals surface area contributed by atoms with E-state index in [-0.39, 0.29) is 32.6 Å². The summed E-state index contributed by atoms with van der Waals surface area (Å²) < 4.78 is 33.0. The Balaban J connectivity index is 4.12. The average Bonchev–Trinajstić information content (AvgIpc) is 3.38. The number of rotatable bonds is 53. The molecule has 2 unspecified atom stereocenters. The summed E-state index contributed by atoms with van der Waals surface area (Å²) in [4.78, 5) is 35.1. The largest absolute Gasteiger partial charge is 0.472 e. The number of allylic oxidation sites excluding steroid dienone is 20. The van der Waals surface area contributed by atoms with Crippen LogP contribution in [0, 0.1) is 0 Å². The van der Waals surface area contributed by atoms with Gasteiger partial charge in [0.1, 0.15) is 6.61 Å². The SMILES string of the molecule is CC/C=C\C/C=C\C/C=C\C/C=C\C/C=C\C/C=C\C/C=C\C/C=C\C/C=C\C/C=C\CCCCC(=O)OC(COC(=O)CCCCCCCCCCCCCCCCCCCCC)COP(=O)(O)OCCN. The van der Waals surface area contributed by atoms with Crippen molar-refractivity contribution in [2.24, 2.45) is 5.73 Å². The van der Waals surface area contributed by atoms with E-state index in [0.29, 0.717) is 6.42 Å². The Morgan fingerprint density at radius 1 is 0.425 bits per heavy atom. The molecule has 9 nitrogen and oxygen atoms in total. The minimum atomic E-state index is -4.41. The van der Waals surface area contributed by atoms with Crippen LogP contribution in [0.15, 0.2) is 122 Å². The summed E-state index contributed by atoms with van der Waals surface area (Å²) in [7, 11) is -4.41. The maximum Gasteiger partial charge on any atom is 0.472 e. The van der Waals surface area contributed by atoms with Crippen molar-refractivity contribution in [2.45, 2.75) is 238 Å². The molecule has 0 amide bonds. The van der Waals surface area contributed by atoms with Crippen molar-refractivity contribution < 1.29 is 37.6 Å². The standard InChI is InChI=1S/C63H106NO8P/c1-3-5-7-9-11-13-15-17-19-21-23-24-25-26-27-28-29-30-31-32-33-34-35-36-38-40-42-44-46-48-50-52-54-56-63(66)72-61(60-71-73(67,68)70-58-57-64)59-69-62(65)55-53-51-49-47-45-43-41-39-37-22-20-18-16-14-12-10-8-6-4-2/h5,7,11,13,17,19,23-24,26-27,29-30,32-33,35-36,40,42,46,48,61H,3-4,6,8-10,12,14-16,18,20-22,25,28,31,34,37-39,41,43-45,47,49-60,64H2,1-2H3,(H,67,68)/b7-5-,13-11-,19-17-,24-23-,27-26-,30-29-,33-32-,36-35-,42-40-,48-46-. The van der Waals surface area contributed by atoms with Crippen molar-refractivity contribution in [3.05, 3.63) is 122 Å². The molecule has 0 spiro atoms. The van der Waals surface area contributed by atoms with Crippen LogP contribution in [-0.4, -0.2) is 49.3 Å². The summed E-state index contributed by atoms with van der Waals surface area (Å²) in [5, 5.41) is 0. The Morgan fingerprint density at radius 2 is 0.753 bits per heavy atom. The van der Waals surface area contributed by atoms with Gasteiger partial charge in [-0.15, -0.1) is 0 Å². The lowest BCUT2D eigenvalue weighted by molar-refractivity contribution is -0.161. The van der Waals surface area contributed by atoms with Crippen LogP contribution >= 0.6 is 7.82 Å². The van der Waals surface area contributed by atoms with Gasteiger partial charge in [0.25, 0.3) is 0 Å². The van der Waals surface area contributed by atoms with Gasteiger partial charge in [-0.25, -0.2) is 4.57 Å². The predicted octanol–water partition coefficient (Wildman–Crippen LogP) is 18.4. The normalized spacial score (nSPS) is 14.0. The summed E-state index contributed by atoms with van der Waals surface area (Å²) in [5.41, 5.74) is 5.37. The van der Waals surface area contributed by atoms with E-state index in [9.17, 15) is 19.0 Å². The van der Waals surface area contributed by atoms with E-state index in [1.165, 1.54) is 103 Å². The quantitative estimate of drug-likeness (QED) is 0.0264. The monoisotopic (exact) mass is 1040 g/mol. The van der Waals surface area contributed by atoms with Crippen molar-refractivity contribution >= 4 is 19.8 Å². The fraction of sp³-hybridized carbons (Fsp3) is 0.651. The topological polar surface area (TPSA) is 134 Å². The molecule has 73 heavy (non-hydrogen) atoms. The Kier molecular flexibility index (Phi) is 54.8. The number of hydrogen-bond acceptors (Lipinski definition) is 8. The molecule has 2 atom stereocenters. The van der Waals surface area contributed by atoms with Crippen LogP contribution in [0.5, 0.6) is 0 Å². The maximum absolute atomic E-state index is 12.7. The van der Waals surface area contributed by atoms with Crippen LogP contribution < -0.4 is 5.73 Å². The highest BCUT2D eigenvalue weighted by Gasteiger charge is 2.26. The lowest BCUT2D eigenvalue weighted by Crippen LogP contribution is -2.29. The van der Waals surface area contributed by atoms with Crippen molar-refractivity contribution in [1.29, 1.82) is 0 Å². The summed E-state index contributed by atoms with van der Waals surface area (Å²) >= 11 is 0. The number of unbranched alkanes of at least 4 members (excludes halogenated alkanes) is 20. The molecule has 0 radical (unpaired) electrons. The molecular weight excluding hydrogens is 930 g/mol. The molecule has 0 aliphatic heterocycles. The molecule has 10 heteroatoms. The molecule has 0 bridgehead atoms. The average molecular weight is 1040 g/mol. The van der Waals surface area contributed by atoms with E-state index in [4.69, 9.17) is 24.3 Å². The van der Waals surface area contributed by atoms with Gasteiger partial charge in [-0.05, 0) is 89.9 Å². The molecule has 0 aromatic heterocycles. The minimum Gasteiger partial charge on any atom is -0.462 e. The van der Waals surface area contributed by atoms with Gasteiger partial charge < -0.3 is 20.1 Å². The van der Waals surface area contributed by atoms with Crippen LogP contribution in [0.4, 0.5) is 0 Å². The fourth-order valence-electron chi connectivity index (χ4n) is 7.60. The highest BCUT2D eigenvalue weighted by molar-refractivity contribution is 7.47. The van der Waals surface area contributed by atoms with Crippen molar-refractivity contribution in [1.82, 2.24) is 0 Å². The van der Waals surface area contributed by atoms with Gasteiger partial charge in [-0.3, -0.25) is 18.6 Å². The number of phosphoric acid groups is 1. The van der Waals surface area contributed by atoms with Crippen molar-refractivity contribution in [3.63, 3.8) is 0 Å². The molecule has 0 fully saturated rings. The Bertz CT molecular complexity index is 1600. The van der Waals surface area contributed by atoms with E-state index in [1.54, 1.807) is 0 Å². The molecule has 0 saturated carbocycles. The molecule has 3 N–H and O–H groups in total. The van der Waals surface area contributed by atoms with Gasteiger partial charge in [0.15, 0.2) is 6.10 Å². The molecule has 0 aliphatic rings. The first kappa shape index (κ1) is 69.4. The first-order valence-electron chi connectivity index (χ1n) is 29.0. The van der Waals surface area contributed by atoms with E-state index >= 15 is 0 Å². The molecule has 0 heterocycles. The first-order valence-corrected chi connectivity index (χ1v) is 30.5. The van der Waals surface area contributed by atoms with Gasteiger partial charge in [0.2, 0.25) is 0 Å². The van der Waals surface area contributed by atoms with Crippen LogP contribution in [0.25, 0.3) is 0 Å². The summed E-state index contributed by atoms with van der Waals surface area (Å²) in [6.45, 7) is 3.58. The van der Waals surface area contributed by atoms with E-state index < -0.39 is 32.5 Å². The van der Waals surface area contributed by atoms with Crippen LogP contribution in [0.1, 0.15) is 232 Å². The number of carbonyl (C=O) groups excluding carboxylic acids is 2. The third kappa shape index (κ3) is 57.5. The maximum atomic E-state index is 12.7. The summed E-state index contributed by atoms with van der Waals surface area (Å²) in [6, 6.07) is 0. The van der Waals surface area contributed by atoms with E-state index in [1.807, 2.05) is 0 Å². The number of phosphoric ester groups is 1. The second-order valence-electron chi connectivity index (χ2n) is 18.8. The van der Waals surface area contributed by atoms with Gasteiger partial charge in [0.05, 0.1) is 13.2 Å². The van der Waals surface area contributed by atoms with Crippen LogP contribution in [0.3, 0.4) is 0 Å². The molecule has 416 valence electrons. The van der Waals surface area contributed by atoms with Gasteiger partial charge in [-0.1, -0.05) is 251 Å². The zero-order valence-electron chi connectivity index (χ0n) is 46.3. The minimum absolute atomic E-state index is 0.0409. The fourth-order valence-corrected chi connectivity index (χ4v) is 8.37. The van der Waals surface area contributed by atoms with Crippen molar-refractivity contribution in [3.8, 4) is 0 Å². The lowest BCUT2D eigenvalue weighted by atomic mass is 10.0.